The third-order valence-corrected chi connectivity index (χ3v) is 10.2. The average molecular weight is 619 g/mol. The lowest BCUT2D eigenvalue weighted by Gasteiger charge is -2.38. The fourth-order valence-corrected chi connectivity index (χ4v) is 7.80. The first-order valence-corrected chi connectivity index (χ1v) is 16.4. The molecule has 234 valence electrons. The Bertz CT molecular complexity index is 1560. The number of likely N-dealkylation sites (tertiary alicyclic amines) is 1. The highest BCUT2D eigenvalue weighted by Crippen LogP contribution is 2.41. The van der Waals surface area contributed by atoms with Gasteiger partial charge in [-0.3, -0.25) is 4.79 Å². The van der Waals surface area contributed by atoms with Crippen LogP contribution in [0, 0.1) is 0 Å². The zero-order valence-electron chi connectivity index (χ0n) is 26.0. The van der Waals surface area contributed by atoms with E-state index in [2.05, 4.69) is 35.2 Å². The molecule has 3 aliphatic heterocycles. The lowest BCUT2D eigenvalue weighted by molar-refractivity contribution is 0.0204. The van der Waals surface area contributed by atoms with E-state index in [0.29, 0.717) is 31.1 Å². The maximum absolute atomic E-state index is 12.7. The first kappa shape index (κ1) is 30.2. The van der Waals surface area contributed by atoms with E-state index >= 15 is 0 Å². The molecule has 0 spiro atoms. The number of urea groups is 1. The maximum atomic E-state index is 12.7. The Labute approximate surface area is 262 Å². The zero-order chi connectivity index (χ0) is 31.2. The molecule has 2 aromatic heterocycles. The number of nitrogens with two attached hydrogens (primary N) is 1. The van der Waals surface area contributed by atoms with Gasteiger partial charge in [-0.2, -0.15) is 0 Å². The van der Waals surface area contributed by atoms with Crippen LogP contribution < -0.4 is 10.6 Å². The lowest BCUT2D eigenvalue weighted by atomic mass is 9.89. The Morgan fingerprint density at radius 2 is 1.75 bits per heavy atom. The predicted octanol–water partition coefficient (Wildman–Crippen LogP) is 5.51. The number of piperidine rings is 2. The van der Waals surface area contributed by atoms with Gasteiger partial charge in [0.25, 0.3) is 5.91 Å². The number of benzene rings is 1. The molecule has 2 N–H and O–H groups in total. The number of nitrogens with zero attached hydrogens (tertiary/aromatic N) is 5. The van der Waals surface area contributed by atoms with Crippen molar-refractivity contribution in [2.75, 3.05) is 51.2 Å². The van der Waals surface area contributed by atoms with E-state index in [9.17, 15) is 14.4 Å². The van der Waals surface area contributed by atoms with Gasteiger partial charge in [0.1, 0.15) is 11.4 Å². The third kappa shape index (κ3) is 6.06. The van der Waals surface area contributed by atoms with Gasteiger partial charge in [0.2, 0.25) is 0 Å². The second-order valence-electron chi connectivity index (χ2n) is 13.2. The Balaban J connectivity index is 1.21. The number of amides is 4. The number of aromatic nitrogens is 1. The van der Waals surface area contributed by atoms with Crippen LogP contribution in [0.5, 0.6) is 0 Å². The molecule has 1 atom stereocenters. The number of rotatable bonds is 5. The predicted molar refractivity (Wildman–Crippen MR) is 173 cm³/mol. The number of ether oxygens (including phenoxy) is 1. The fourth-order valence-electron chi connectivity index (χ4n) is 6.63. The normalized spacial score (nSPS) is 20.1. The summed E-state index contributed by atoms with van der Waals surface area (Å²) in [7, 11) is 1.85. The summed E-state index contributed by atoms with van der Waals surface area (Å²) >= 11 is 1.56. The lowest BCUT2D eigenvalue weighted by Crippen LogP contribution is -2.49. The molecule has 3 fully saturated rings. The number of hydrogen-bond acceptors (Lipinski definition) is 7. The molecule has 4 amide bonds. The SMILES string of the molecule is CN1CCN([C@@H]2CCCN(c3ncc(C(N)=O)c4sc(-c5ccc(C6CCN(C(=O)OC(C)(C)C)CC6)cc5)cc34)C2)C1=O. The van der Waals surface area contributed by atoms with Crippen LogP contribution in [-0.4, -0.2) is 95.7 Å². The maximum Gasteiger partial charge on any atom is 0.410 e. The van der Waals surface area contributed by atoms with Gasteiger partial charge in [-0.15, -0.1) is 11.3 Å². The highest BCUT2D eigenvalue weighted by molar-refractivity contribution is 7.22. The minimum absolute atomic E-state index is 0.0916. The molecule has 11 heteroatoms. The largest absolute Gasteiger partial charge is 0.444 e. The van der Waals surface area contributed by atoms with Crippen molar-refractivity contribution in [2.45, 2.75) is 64.0 Å². The van der Waals surface area contributed by atoms with Crippen LogP contribution in [0.3, 0.4) is 0 Å². The number of primary amides is 1. The van der Waals surface area contributed by atoms with Crippen molar-refractivity contribution in [3.63, 3.8) is 0 Å². The molecule has 3 aromatic rings. The second-order valence-corrected chi connectivity index (χ2v) is 14.3. The number of hydrogen-bond donors (Lipinski definition) is 1. The van der Waals surface area contributed by atoms with E-state index in [-0.39, 0.29) is 18.2 Å². The summed E-state index contributed by atoms with van der Waals surface area (Å²) in [5.74, 6) is 0.736. The minimum atomic E-state index is -0.493. The standard InChI is InChI=1S/C33H42N6O4S/c1-33(2,3)43-32(42)37-14-11-22(12-15-37)21-7-9-23(10-8-21)27-18-25-28(44-27)26(29(34)40)19-35-30(25)38-13-5-6-24(20-38)39-17-16-36(4)31(39)41/h7-10,18-19,22,24H,5-6,11-17,20H2,1-4H3,(H2,34,40)/t24-/m1/s1. The van der Waals surface area contributed by atoms with Gasteiger partial charge in [-0.1, -0.05) is 24.3 Å². The molecule has 6 rings (SSSR count). The molecule has 3 saturated heterocycles. The van der Waals surface area contributed by atoms with Crippen molar-refractivity contribution in [3.8, 4) is 10.4 Å². The number of fused-ring (bicyclic) bond motifs is 1. The molecule has 0 bridgehead atoms. The molecule has 3 aliphatic rings. The molecule has 0 unspecified atom stereocenters. The Morgan fingerprint density at radius 3 is 2.39 bits per heavy atom. The van der Waals surface area contributed by atoms with Crippen LogP contribution in [-0.2, 0) is 4.74 Å². The molecular formula is C33H42N6O4S. The number of pyridine rings is 1. The molecule has 0 radical (unpaired) electrons. The van der Waals surface area contributed by atoms with Crippen molar-refractivity contribution in [3.05, 3.63) is 47.7 Å². The Hall–Kier alpha value is -3.86. The van der Waals surface area contributed by atoms with Gasteiger partial charge in [-0.25, -0.2) is 14.6 Å². The van der Waals surface area contributed by atoms with Gasteiger partial charge < -0.3 is 30.1 Å². The van der Waals surface area contributed by atoms with E-state index in [1.807, 2.05) is 32.7 Å². The summed E-state index contributed by atoms with van der Waals surface area (Å²) in [6, 6.07) is 11.0. The van der Waals surface area contributed by atoms with Crippen molar-refractivity contribution < 1.29 is 19.1 Å². The van der Waals surface area contributed by atoms with E-state index in [1.165, 1.54) is 5.56 Å². The summed E-state index contributed by atoms with van der Waals surface area (Å²) in [4.78, 5) is 51.2. The molecule has 1 aromatic carbocycles. The van der Waals surface area contributed by atoms with Crippen LogP contribution in [0.15, 0.2) is 36.5 Å². The van der Waals surface area contributed by atoms with Crippen molar-refractivity contribution in [1.29, 1.82) is 0 Å². The van der Waals surface area contributed by atoms with Crippen molar-refractivity contribution >= 4 is 45.3 Å². The van der Waals surface area contributed by atoms with Gasteiger partial charge in [0.05, 0.1) is 16.3 Å². The quantitative estimate of drug-likeness (QED) is 0.404. The number of likely N-dealkylation sites (N-methyl/N-ethyl adjacent to an activating group) is 1. The monoisotopic (exact) mass is 618 g/mol. The smallest absolute Gasteiger partial charge is 0.410 e. The van der Waals surface area contributed by atoms with Gasteiger partial charge in [0, 0.05) is 62.8 Å². The summed E-state index contributed by atoms with van der Waals surface area (Å²) in [6.45, 7) is 10.1. The van der Waals surface area contributed by atoms with Gasteiger partial charge in [0.15, 0.2) is 0 Å². The van der Waals surface area contributed by atoms with Crippen LogP contribution in [0.25, 0.3) is 20.5 Å². The fraction of sp³-hybridized carbons (Fsp3) is 0.515. The van der Waals surface area contributed by atoms with Crippen molar-refractivity contribution in [1.82, 2.24) is 19.7 Å². The van der Waals surface area contributed by atoms with Crippen molar-refractivity contribution in [2.24, 2.45) is 5.73 Å². The van der Waals surface area contributed by atoms with Crippen LogP contribution in [0.2, 0.25) is 0 Å². The highest BCUT2D eigenvalue weighted by atomic mass is 32.1. The summed E-state index contributed by atoms with van der Waals surface area (Å²) in [5.41, 5.74) is 8.06. The zero-order valence-corrected chi connectivity index (χ0v) is 26.9. The van der Waals surface area contributed by atoms with E-state index in [4.69, 9.17) is 15.5 Å². The van der Waals surface area contributed by atoms with Gasteiger partial charge >= 0.3 is 12.1 Å². The van der Waals surface area contributed by atoms with E-state index in [1.54, 1.807) is 27.3 Å². The topological polar surface area (TPSA) is 112 Å². The van der Waals surface area contributed by atoms with E-state index < -0.39 is 11.5 Å². The molecule has 10 nitrogen and oxygen atoms in total. The Morgan fingerprint density at radius 1 is 1.02 bits per heavy atom. The summed E-state index contributed by atoms with van der Waals surface area (Å²) < 4.78 is 6.39. The van der Waals surface area contributed by atoms with Crippen LogP contribution in [0.4, 0.5) is 15.4 Å². The number of anilines is 1. The second kappa shape index (κ2) is 11.9. The first-order chi connectivity index (χ1) is 21.0. The third-order valence-electron chi connectivity index (χ3n) is 9.00. The molecule has 5 heterocycles. The van der Waals surface area contributed by atoms with E-state index in [0.717, 1.165) is 71.7 Å². The minimum Gasteiger partial charge on any atom is -0.444 e. The highest BCUT2D eigenvalue weighted by Gasteiger charge is 2.35. The van der Waals surface area contributed by atoms with Crippen LogP contribution in [0.1, 0.15) is 68.3 Å². The Kier molecular flexibility index (Phi) is 8.17. The molecule has 0 aliphatic carbocycles. The van der Waals surface area contributed by atoms with Crippen LogP contribution >= 0.6 is 11.3 Å². The van der Waals surface area contributed by atoms with Gasteiger partial charge in [-0.05, 0) is 69.6 Å². The average Bonchev–Trinajstić information content (AvgIpc) is 3.59. The summed E-state index contributed by atoms with van der Waals surface area (Å²) in [5, 5.41) is 0.922. The molecular weight excluding hydrogens is 576 g/mol. The number of thiophene rings is 1. The molecule has 0 saturated carbocycles. The summed E-state index contributed by atoms with van der Waals surface area (Å²) in [6.07, 6.45) is 5.10. The number of carbonyl (C=O) groups excluding carboxylic acids is 3. The molecule has 44 heavy (non-hydrogen) atoms. The number of carbonyl (C=O) groups is 3. The first-order valence-electron chi connectivity index (χ1n) is 15.6.